The third-order valence-electron chi connectivity index (χ3n) is 4.17. The molecule has 0 saturated heterocycles. The largest absolute Gasteiger partial charge is 0.478 e. The Kier molecular flexibility index (Phi) is 3.92. The Morgan fingerprint density at radius 2 is 1.55 bits per heavy atom. The van der Waals surface area contributed by atoms with Crippen LogP contribution in [0.2, 0.25) is 0 Å². The predicted octanol–water partition coefficient (Wildman–Crippen LogP) is 5.08. The second kappa shape index (κ2) is 6.02. The summed E-state index contributed by atoms with van der Waals surface area (Å²) in [6.07, 6.45) is 0.973. The second-order valence-corrected chi connectivity index (χ2v) is 5.42. The van der Waals surface area contributed by atoms with E-state index in [-0.39, 0.29) is 5.92 Å². The lowest BCUT2D eigenvalue weighted by Gasteiger charge is -2.19. The first-order chi connectivity index (χ1) is 10.7. The van der Waals surface area contributed by atoms with Gasteiger partial charge in [0, 0.05) is 5.92 Å². The van der Waals surface area contributed by atoms with Gasteiger partial charge in [0.15, 0.2) is 0 Å². The molecule has 0 radical (unpaired) electrons. The topological polar surface area (TPSA) is 37.3 Å². The van der Waals surface area contributed by atoms with Crippen LogP contribution in [0.3, 0.4) is 0 Å². The minimum atomic E-state index is -0.879. The average molecular weight is 290 g/mol. The highest BCUT2D eigenvalue weighted by Gasteiger charge is 2.17. The molecule has 1 atom stereocenters. The van der Waals surface area contributed by atoms with E-state index < -0.39 is 5.97 Å². The molecule has 3 aromatic carbocycles. The van der Waals surface area contributed by atoms with Crippen molar-refractivity contribution in [2.45, 2.75) is 19.3 Å². The van der Waals surface area contributed by atoms with Gasteiger partial charge in [-0.2, -0.15) is 0 Å². The van der Waals surface area contributed by atoms with Crippen LogP contribution in [0.4, 0.5) is 0 Å². The maximum atomic E-state index is 11.4. The minimum absolute atomic E-state index is 0.272. The lowest BCUT2D eigenvalue weighted by Crippen LogP contribution is -2.04. The van der Waals surface area contributed by atoms with E-state index in [0.29, 0.717) is 5.56 Å². The van der Waals surface area contributed by atoms with Crippen LogP contribution < -0.4 is 0 Å². The normalized spacial score (nSPS) is 12.2. The third-order valence-corrected chi connectivity index (χ3v) is 4.17. The molecule has 3 rings (SSSR count). The number of benzene rings is 3. The molecule has 110 valence electrons. The molecule has 0 aliphatic heterocycles. The summed E-state index contributed by atoms with van der Waals surface area (Å²) < 4.78 is 0. The molecule has 22 heavy (non-hydrogen) atoms. The Morgan fingerprint density at radius 3 is 2.18 bits per heavy atom. The highest BCUT2D eigenvalue weighted by Crippen LogP contribution is 2.34. The smallest absolute Gasteiger partial charge is 0.336 e. The Labute approximate surface area is 130 Å². The Morgan fingerprint density at radius 1 is 0.909 bits per heavy atom. The molecule has 0 heterocycles. The van der Waals surface area contributed by atoms with E-state index in [1.807, 2.05) is 48.5 Å². The third kappa shape index (κ3) is 2.48. The fraction of sp³-hybridized carbons (Fsp3) is 0.150. The fourth-order valence-electron chi connectivity index (χ4n) is 3.13. The summed E-state index contributed by atoms with van der Waals surface area (Å²) in [7, 11) is 0. The monoisotopic (exact) mass is 290 g/mol. The summed E-state index contributed by atoms with van der Waals surface area (Å²) in [5.74, 6) is -0.607. The molecule has 0 amide bonds. The molecule has 0 aromatic heterocycles. The second-order valence-electron chi connectivity index (χ2n) is 5.42. The van der Waals surface area contributed by atoms with Gasteiger partial charge in [-0.3, -0.25) is 0 Å². The van der Waals surface area contributed by atoms with E-state index in [9.17, 15) is 9.90 Å². The van der Waals surface area contributed by atoms with Crippen LogP contribution >= 0.6 is 0 Å². The highest BCUT2D eigenvalue weighted by molar-refractivity contribution is 6.04. The molecule has 1 N–H and O–H groups in total. The Hall–Kier alpha value is -2.61. The van der Waals surface area contributed by atoms with Crippen molar-refractivity contribution < 1.29 is 9.90 Å². The number of aromatic carboxylic acids is 1. The highest BCUT2D eigenvalue weighted by atomic mass is 16.4. The van der Waals surface area contributed by atoms with Crippen LogP contribution in [0.1, 0.15) is 40.7 Å². The van der Waals surface area contributed by atoms with Gasteiger partial charge >= 0.3 is 5.97 Å². The Balaban J connectivity index is 2.23. The average Bonchev–Trinajstić information content (AvgIpc) is 2.56. The van der Waals surface area contributed by atoms with Crippen LogP contribution in [0.25, 0.3) is 10.8 Å². The summed E-state index contributed by atoms with van der Waals surface area (Å²) in [4.78, 5) is 11.4. The van der Waals surface area contributed by atoms with Gasteiger partial charge in [-0.1, -0.05) is 67.6 Å². The van der Waals surface area contributed by atoms with Crippen molar-refractivity contribution in [3.63, 3.8) is 0 Å². The maximum Gasteiger partial charge on any atom is 0.336 e. The van der Waals surface area contributed by atoms with Gasteiger partial charge < -0.3 is 5.11 Å². The summed E-state index contributed by atoms with van der Waals surface area (Å²) in [6.45, 7) is 2.16. The molecular formula is C20H18O2. The number of carboxylic acid groups (broad SMARTS) is 1. The number of rotatable bonds is 4. The van der Waals surface area contributed by atoms with E-state index in [1.54, 1.807) is 6.07 Å². The molecule has 0 bridgehead atoms. The van der Waals surface area contributed by atoms with E-state index in [2.05, 4.69) is 19.1 Å². The summed E-state index contributed by atoms with van der Waals surface area (Å²) in [6, 6.07) is 21.8. The molecule has 0 aliphatic rings. The predicted molar refractivity (Wildman–Crippen MR) is 89.5 cm³/mol. The first-order valence-corrected chi connectivity index (χ1v) is 7.52. The van der Waals surface area contributed by atoms with E-state index in [1.165, 1.54) is 11.1 Å². The van der Waals surface area contributed by atoms with Gasteiger partial charge in [0.25, 0.3) is 0 Å². The molecule has 0 saturated carbocycles. The zero-order valence-electron chi connectivity index (χ0n) is 12.5. The zero-order chi connectivity index (χ0) is 15.5. The number of carboxylic acids is 1. The van der Waals surface area contributed by atoms with Crippen molar-refractivity contribution in [2.24, 2.45) is 0 Å². The molecular weight excluding hydrogens is 272 g/mol. The number of fused-ring (bicyclic) bond motifs is 1. The van der Waals surface area contributed by atoms with Crippen molar-refractivity contribution >= 4 is 16.7 Å². The van der Waals surface area contributed by atoms with Crippen LogP contribution in [-0.2, 0) is 0 Å². The van der Waals surface area contributed by atoms with Crippen molar-refractivity contribution in [1.82, 2.24) is 0 Å². The quantitative estimate of drug-likeness (QED) is 0.727. The molecule has 0 fully saturated rings. The van der Waals surface area contributed by atoms with Crippen molar-refractivity contribution in [3.8, 4) is 0 Å². The minimum Gasteiger partial charge on any atom is -0.478 e. The van der Waals surface area contributed by atoms with Gasteiger partial charge in [-0.05, 0) is 34.4 Å². The van der Waals surface area contributed by atoms with Crippen molar-refractivity contribution in [3.05, 3.63) is 83.4 Å². The lowest BCUT2D eigenvalue weighted by atomic mass is 9.85. The molecule has 0 aliphatic carbocycles. The first kappa shape index (κ1) is 14.3. The van der Waals surface area contributed by atoms with E-state index in [0.717, 1.165) is 17.2 Å². The molecule has 2 heteroatoms. The molecule has 3 aromatic rings. The van der Waals surface area contributed by atoms with E-state index in [4.69, 9.17) is 0 Å². The lowest BCUT2D eigenvalue weighted by molar-refractivity contribution is 0.0699. The summed E-state index contributed by atoms with van der Waals surface area (Å²) in [5.41, 5.74) is 2.81. The first-order valence-electron chi connectivity index (χ1n) is 7.52. The number of hydrogen-bond donors (Lipinski definition) is 1. The fourth-order valence-corrected chi connectivity index (χ4v) is 3.13. The maximum absolute atomic E-state index is 11.4. The van der Waals surface area contributed by atoms with Gasteiger partial charge in [-0.15, -0.1) is 0 Å². The van der Waals surface area contributed by atoms with Crippen molar-refractivity contribution in [2.75, 3.05) is 0 Å². The van der Waals surface area contributed by atoms with Crippen LogP contribution in [0.5, 0.6) is 0 Å². The number of carbonyl (C=O) groups is 1. The Bertz CT molecular complexity index is 806. The van der Waals surface area contributed by atoms with Gasteiger partial charge in [0.05, 0.1) is 5.56 Å². The van der Waals surface area contributed by atoms with Crippen LogP contribution in [0, 0.1) is 0 Å². The molecule has 0 spiro atoms. The van der Waals surface area contributed by atoms with Gasteiger partial charge in [0.2, 0.25) is 0 Å². The van der Waals surface area contributed by atoms with Crippen LogP contribution in [0.15, 0.2) is 66.7 Å². The summed E-state index contributed by atoms with van der Waals surface area (Å²) in [5, 5.41) is 11.2. The molecule has 2 nitrogen and oxygen atoms in total. The molecule has 1 unspecified atom stereocenters. The SMILES string of the molecule is CCC(c1ccccc1)c1ccc(C(=O)O)c2ccccc12. The summed E-state index contributed by atoms with van der Waals surface area (Å²) >= 11 is 0. The van der Waals surface area contributed by atoms with Gasteiger partial charge in [0.1, 0.15) is 0 Å². The van der Waals surface area contributed by atoms with E-state index >= 15 is 0 Å². The zero-order valence-corrected chi connectivity index (χ0v) is 12.5. The van der Waals surface area contributed by atoms with Crippen molar-refractivity contribution in [1.29, 1.82) is 0 Å². The van der Waals surface area contributed by atoms with Crippen LogP contribution in [-0.4, -0.2) is 11.1 Å². The number of hydrogen-bond acceptors (Lipinski definition) is 1. The van der Waals surface area contributed by atoms with Gasteiger partial charge in [-0.25, -0.2) is 4.79 Å². The standard InChI is InChI=1S/C20H18O2/c1-2-15(14-8-4-3-5-9-14)18-12-13-19(20(21)22)17-11-7-6-10-16(17)18/h3-13,15H,2H2,1H3,(H,21,22).